The number of ether oxygens (including phenoxy) is 2. The van der Waals surface area contributed by atoms with E-state index in [4.69, 9.17) is 21.7 Å². The number of rotatable bonds is 2. The van der Waals surface area contributed by atoms with E-state index in [2.05, 4.69) is 5.32 Å². The summed E-state index contributed by atoms with van der Waals surface area (Å²) in [5, 5.41) is 3.23. The molecule has 0 saturated carbocycles. The zero-order chi connectivity index (χ0) is 20.7. The van der Waals surface area contributed by atoms with Gasteiger partial charge in [0.15, 0.2) is 16.6 Å². The number of amides is 1. The summed E-state index contributed by atoms with van der Waals surface area (Å²) < 4.78 is 12.5. The van der Waals surface area contributed by atoms with Crippen LogP contribution in [-0.4, -0.2) is 40.4 Å². The number of likely N-dealkylation sites (tertiary alicyclic amines) is 1. The summed E-state index contributed by atoms with van der Waals surface area (Å²) in [6.07, 6.45) is 4.22. The van der Waals surface area contributed by atoms with E-state index in [0.29, 0.717) is 35.6 Å². The lowest BCUT2D eigenvalue weighted by Crippen LogP contribution is -2.52. The van der Waals surface area contributed by atoms with Gasteiger partial charge in [-0.3, -0.25) is 14.9 Å². The number of fused-ring (bicyclic) bond motifs is 5. The molecule has 2 bridgehead atoms. The van der Waals surface area contributed by atoms with E-state index in [1.807, 2.05) is 39.8 Å². The topological polar surface area (TPSA) is 72.8 Å². The monoisotopic (exact) mass is 423 g/mol. The third-order valence-corrected chi connectivity index (χ3v) is 6.18. The molecule has 5 rings (SSSR count). The van der Waals surface area contributed by atoms with E-state index in [-0.39, 0.29) is 24.2 Å². The van der Waals surface area contributed by atoms with Crippen LogP contribution in [0, 0.1) is 5.92 Å². The molecule has 8 heteroatoms. The largest absolute Gasteiger partial charge is 0.454 e. The van der Waals surface area contributed by atoms with E-state index in [1.165, 1.54) is 6.08 Å². The molecule has 7 nitrogen and oxygen atoms in total. The second-order valence-corrected chi connectivity index (χ2v) is 8.23. The van der Waals surface area contributed by atoms with Crippen LogP contribution in [0.3, 0.4) is 0 Å². The van der Waals surface area contributed by atoms with Gasteiger partial charge in [-0.25, -0.2) is 0 Å². The number of benzene rings is 1. The molecule has 3 aliphatic rings. The van der Waals surface area contributed by atoms with E-state index >= 15 is 0 Å². The maximum Gasteiger partial charge on any atom is 0.250 e. The second kappa shape index (κ2) is 7.60. The van der Waals surface area contributed by atoms with Gasteiger partial charge in [0.1, 0.15) is 0 Å². The predicted molar refractivity (Wildman–Crippen MR) is 115 cm³/mol. The first-order valence-electron chi connectivity index (χ1n) is 9.94. The maximum absolute atomic E-state index is 12.4. The van der Waals surface area contributed by atoms with Gasteiger partial charge in [-0.15, -0.1) is 0 Å². The molecule has 1 amide bonds. The van der Waals surface area contributed by atoms with Crippen LogP contribution in [0.25, 0.3) is 6.08 Å². The molecular weight excluding hydrogens is 402 g/mol. The molecule has 3 aliphatic heterocycles. The van der Waals surface area contributed by atoms with Crippen molar-refractivity contribution in [1.29, 1.82) is 0 Å². The van der Waals surface area contributed by atoms with E-state index in [0.717, 1.165) is 24.2 Å². The van der Waals surface area contributed by atoms with Crippen molar-refractivity contribution in [3.63, 3.8) is 0 Å². The summed E-state index contributed by atoms with van der Waals surface area (Å²) >= 11 is 5.50. The van der Waals surface area contributed by atoms with Gasteiger partial charge >= 0.3 is 0 Å². The van der Waals surface area contributed by atoms with Gasteiger partial charge in [-0.05, 0) is 54.4 Å². The van der Waals surface area contributed by atoms with Crippen molar-refractivity contribution >= 4 is 29.3 Å². The van der Waals surface area contributed by atoms with Crippen LogP contribution < -0.4 is 20.3 Å². The predicted octanol–water partition coefficient (Wildman–Crippen LogP) is 2.11. The number of nitrogens with zero attached hydrogens (tertiary/aromatic N) is 2. The molecule has 2 atom stereocenters. The van der Waals surface area contributed by atoms with Crippen molar-refractivity contribution in [3.8, 4) is 11.5 Å². The summed E-state index contributed by atoms with van der Waals surface area (Å²) in [5.74, 6) is 1.69. The van der Waals surface area contributed by atoms with E-state index < -0.39 is 0 Å². The molecule has 0 spiro atoms. The second-order valence-electron chi connectivity index (χ2n) is 7.84. The number of hydrogen-bond acceptors (Lipinski definition) is 5. The lowest BCUT2D eigenvalue weighted by molar-refractivity contribution is -0.115. The Morgan fingerprint density at radius 1 is 1.13 bits per heavy atom. The summed E-state index contributed by atoms with van der Waals surface area (Å²) in [6.45, 7) is 2.35. The fourth-order valence-electron chi connectivity index (χ4n) is 4.48. The first-order valence-corrected chi connectivity index (χ1v) is 10.3. The fourth-order valence-corrected chi connectivity index (χ4v) is 4.73. The summed E-state index contributed by atoms with van der Waals surface area (Å²) in [6, 6.07) is 11.0. The fraction of sp³-hybridized carbons (Fsp3) is 0.318. The van der Waals surface area contributed by atoms with Gasteiger partial charge in [-0.1, -0.05) is 12.1 Å². The standard InChI is InChI=1S/C22H21N3O4S/c26-20(7-5-14-4-6-18-19(9-14)29-13-28-18)23-22(30)24-10-15-8-16(12-24)17-2-1-3-21(27)25(17)11-15/h1-7,9,15-16H,8,10-13H2,(H,23,26,30). The SMILES string of the molecule is O=C(C=Cc1ccc2c(c1)OCO2)NC(=S)N1CC2CC(C1)c1cccc(=O)n1C2. The highest BCUT2D eigenvalue weighted by Crippen LogP contribution is 2.35. The Kier molecular flexibility index (Phi) is 4.78. The molecule has 1 aromatic carbocycles. The number of carbonyl (C=O) groups is 1. The normalized spacial score (nSPS) is 21.4. The van der Waals surface area contributed by atoms with Crippen LogP contribution in [0.2, 0.25) is 0 Å². The van der Waals surface area contributed by atoms with Gasteiger partial charge in [0.2, 0.25) is 12.7 Å². The van der Waals surface area contributed by atoms with Crippen LogP contribution in [0.5, 0.6) is 11.5 Å². The average molecular weight is 423 g/mol. The van der Waals surface area contributed by atoms with Gasteiger partial charge in [0.25, 0.3) is 5.56 Å². The van der Waals surface area contributed by atoms with Crippen LogP contribution in [0.15, 0.2) is 47.3 Å². The summed E-state index contributed by atoms with van der Waals surface area (Å²) in [7, 11) is 0. The first-order chi connectivity index (χ1) is 14.6. The Bertz CT molecular complexity index is 1110. The number of aromatic nitrogens is 1. The average Bonchev–Trinajstić information content (AvgIpc) is 3.21. The van der Waals surface area contributed by atoms with Gasteiger partial charge in [-0.2, -0.15) is 0 Å². The minimum atomic E-state index is -0.273. The molecule has 154 valence electrons. The highest BCUT2D eigenvalue weighted by Gasteiger charge is 2.35. The van der Waals surface area contributed by atoms with Crippen LogP contribution in [0.4, 0.5) is 0 Å². The third-order valence-electron chi connectivity index (χ3n) is 5.82. The lowest BCUT2D eigenvalue weighted by atomic mass is 9.83. The lowest BCUT2D eigenvalue weighted by Gasteiger charge is -2.43. The Hall–Kier alpha value is -3.13. The number of piperidine rings is 1. The zero-order valence-corrected chi connectivity index (χ0v) is 17.1. The molecule has 1 saturated heterocycles. The van der Waals surface area contributed by atoms with Crippen molar-refractivity contribution in [1.82, 2.24) is 14.8 Å². The number of pyridine rings is 1. The molecule has 4 heterocycles. The van der Waals surface area contributed by atoms with Crippen molar-refractivity contribution in [2.75, 3.05) is 19.9 Å². The van der Waals surface area contributed by atoms with Crippen LogP contribution >= 0.6 is 12.2 Å². The number of nitrogens with one attached hydrogen (secondary N) is 1. The quantitative estimate of drug-likeness (QED) is 0.589. The zero-order valence-electron chi connectivity index (χ0n) is 16.2. The Labute approximate surface area is 178 Å². The van der Waals surface area contributed by atoms with Gasteiger partial charge in [0.05, 0.1) is 0 Å². The molecule has 2 unspecified atom stereocenters. The Balaban J connectivity index is 1.23. The summed E-state index contributed by atoms with van der Waals surface area (Å²) in [4.78, 5) is 26.6. The molecule has 0 aliphatic carbocycles. The van der Waals surface area contributed by atoms with Gasteiger partial charge in [0, 0.05) is 43.4 Å². The number of thiocarbonyl (C=S) groups is 1. The highest BCUT2D eigenvalue weighted by molar-refractivity contribution is 7.80. The molecule has 0 radical (unpaired) electrons. The minimum Gasteiger partial charge on any atom is -0.454 e. The molecule has 2 aromatic rings. The van der Waals surface area contributed by atoms with Crippen LogP contribution in [-0.2, 0) is 11.3 Å². The molecular formula is C22H21N3O4S. The smallest absolute Gasteiger partial charge is 0.250 e. The third kappa shape index (κ3) is 3.59. The Morgan fingerprint density at radius 3 is 2.90 bits per heavy atom. The van der Waals surface area contributed by atoms with Crippen LogP contribution in [0.1, 0.15) is 23.6 Å². The number of hydrogen-bond donors (Lipinski definition) is 1. The Morgan fingerprint density at radius 2 is 2.00 bits per heavy atom. The van der Waals surface area contributed by atoms with E-state index in [1.54, 1.807) is 12.1 Å². The highest BCUT2D eigenvalue weighted by atomic mass is 32.1. The molecule has 30 heavy (non-hydrogen) atoms. The van der Waals surface area contributed by atoms with Crippen molar-refractivity contribution in [3.05, 3.63) is 64.1 Å². The van der Waals surface area contributed by atoms with Crippen molar-refractivity contribution in [2.45, 2.75) is 18.9 Å². The summed E-state index contributed by atoms with van der Waals surface area (Å²) in [5.41, 5.74) is 1.95. The first kappa shape index (κ1) is 18.9. The maximum atomic E-state index is 12.4. The molecule has 1 aromatic heterocycles. The minimum absolute atomic E-state index is 0.0557. The number of carbonyl (C=O) groups excluding carboxylic acids is 1. The molecule has 1 N–H and O–H groups in total. The van der Waals surface area contributed by atoms with E-state index in [9.17, 15) is 9.59 Å². The van der Waals surface area contributed by atoms with Gasteiger partial charge < -0.3 is 18.9 Å². The van der Waals surface area contributed by atoms with Crippen molar-refractivity contribution in [2.24, 2.45) is 5.92 Å². The molecule has 1 fully saturated rings. The van der Waals surface area contributed by atoms with Crippen molar-refractivity contribution < 1.29 is 14.3 Å².